The van der Waals surface area contributed by atoms with Crippen LogP contribution in [0.5, 0.6) is 0 Å². The zero-order chi connectivity index (χ0) is 14.5. The van der Waals surface area contributed by atoms with Gasteiger partial charge in [-0.15, -0.1) is 0 Å². The molecule has 0 fully saturated rings. The minimum atomic E-state index is -0.605. The van der Waals surface area contributed by atoms with E-state index in [0.29, 0.717) is 22.9 Å². The van der Waals surface area contributed by atoms with Gasteiger partial charge in [0.05, 0.1) is 16.1 Å². The summed E-state index contributed by atoms with van der Waals surface area (Å²) >= 11 is 12.4. The molecule has 1 unspecified atom stereocenters. The van der Waals surface area contributed by atoms with Crippen LogP contribution in [-0.2, 0) is 4.79 Å². The number of fused-ring (bicyclic) bond motifs is 3. The number of halogens is 2. The maximum absolute atomic E-state index is 11.8. The molecule has 0 bridgehead atoms. The molecule has 1 N–H and O–H groups in total. The van der Waals surface area contributed by atoms with Gasteiger partial charge in [0, 0.05) is 17.4 Å². The minimum absolute atomic E-state index is 0.0998. The van der Waals surface area contributed by atoms with E-state index in [9.17, 15) is 9.90 Å². The molecule has 20 heavy (non-hydrogen) atoms. The van der Waals surface area contributed by atoms with E-state index in [2.05, 4.69) is 6.92 Å². The van der Waals surface area contributed by atoms with Crippen molar-refractivity contribution in [2.45, 2.75) is 38.7 Å². The summed E-state index contributed by atoms with van der Waals surface area (Å²) < 4.78 is 0. The Balaban J connectivity index is 2.28. The summed E-state index contributed by atoms with van der Waals surface area (Å²) in [6, 6.07) is 3.54. The van der Waals surface area contributed by atoms with E-state index in [0.717, 1.165) is 29.5 Å². The van der Waals surface area contributed by atoms with Crippen molar-refractivity contribution in [3.63, 3.8) is 0 Å². The molecule has 0 aromatic heterocycles. The van der Waals surface area contributed by atoms with E-state index in [1.54, 1.807) is 12.1 Å². The molecular weight excluding hydrogens is 295 g/mol. The topological polar surface area (TPSA) is 37.3 Å². The molecule has 2 aliphatic carbocycles. The predicted molar refractivity (Wildman–Crippen MR) is 81.0 cm³/mol. The number of allylic oxidation sites excluding steroid dienone is 1. The van der Waals surface area contributed by atoms with Crippen LogP contribution >= 0.6 is 23.2 Å². The van der Waals surface area contributed by atoms with Crippen molar-refractivity contribution >= 4 is 34.6 Å². The first-order valence-corrected chi connectivity index (χ1v) is 7.68. The molecule has 3 rings (SSSR count). The highest BCUT2D eigenvalue weighted by atomic mass is 35.5. The van der Waals surface area contributed by atoms with Crippen molar-refractivity contribution in [2.75, 3.05) is 0 Å². The molecule has 106 valence electrons. The molecule has 0 radical (unpaired) electrons. The van der Waals surface area contributed by atoms with Gasteiger partial charge in [-0.25, -0.2) is 0 Å². The summed E-state index contributed by atoms with van der Waals surface area (Å²) in [6.07, 6.45) is 4.01. The van der Waals surface area contributed by atoms with E-state index in [4.69, 9.17) is 23.2 Å². The Morgan fingerprint density at radius 2 is 2.15 bits per heavy atom. The summed E-state index contributed by atoms with van der Waals surface area (Å²) in [7, 11) is 0. The van der Waals surface area contributed by atoms with E-state index in [1.807, 2.05) is 6.07 Å². The van der Waals surface area contributed by atoms with Crippen LogP contribution in [0.1, 0.15) is 49.8 Å². The molecule has 0 saturated heterocycles. The number of aliphatic hydroxyl groups excluding tert-OH is 1. The van der Waals surface area contributed by atoms with E-state index in [-0.39, 0.29) is 11.2 Å². The lowest BCUT2D eigenvalue weighted by Gasteiger charge is -2.36. The average molecular weight is 311 g/mol. The Kier molecular flexibility index (Phi) is 3.44. The van der Waals surface area contributed by atoms with Crippen molar-refractivity contribution in [3.8, 4) is 0 Å². The summed E-state index contributed by atoms with van der Waals surface area (Å²) in [5, 5.41) is 11.7. The third-order valence-corrected chi connectivity index (χ3v) is 5.37. The molecule has 1 aromatic rings. The quantitative estimate of drug-likeness (QED) is 0.868. The maximum Gasteiger partial charge on any atom is 0.156 e. The second-order valence-corrected chi connectivity index (χ2v) is 6.44. The van der Waals surface area contributed by atoms with Gasteiger partial charge in [0.25, 0.3) is 0 Å². The van der Waals surface area contributed by atoms with Crippen LogP contribution in [0.25, 0.3) is 5.57 Å². The molecule has 0 aliphatic heterocycles. The van der Waals surface area contributed by atoms with Gasteiger partial charge in [-0.2, -0.15) is 0 Å². The van der Waals surface area contributed by atoms with Gasteiger partial charge in [-0.1, -0.05) is 42.6 Å². The van der Waals surface area contributed by atoms with Crippen molar-refractivity contribution in [1.29, 1.82) is 0 Å². The third-order valence-electron chi connectivity index (χ3n) is 4.57. The van der Waals surface area contributed by atoms with Gasteiger partial charge in [0.2, 0.25) is 0 Å². The molecule has 0 amide bonds. The number of rotatable bonds is 2. The first-order chi connectivity index (χ1) is 9.51. The predicted octanol–water partition coefficient (Wildman–Crippen LogP) is 4.57. The Morgan fingerprint density at radius 3 is 2.85 bits per heavy atom. The number of benzene rings is 1. The third kappa shape index (κ3) is 1.78. The van der Waals surface area contributed by atoms with Gasteiger partial charge in [0.1, 0.15) is 0 Å². The molecule has 0 heterocycles. The van der Waals surface area contributed by atoms with E-state index in [1.165, 1.54) is 0 Å². The lowest BCUT2D eigenvalue weighted by atomic mass is 9.68. The highest BCUT2D eigenvalue weighted by molar-refractivity contribution is 6.43. The maximum atomic E-state index is 11.8. The van der Waals surface area contributed by atoms with Crippen LogP contribution in [0.15, 0.2) is 18.2 Å². The van der Waals surface area contributed by atoms with E-state index < -0.39 is 6.10 Å². The largest absolute Gasteiger partial charge is 0.387 e. The normalized spacial score (nSPS) is 28.1. The summed E-state index contributed by atoms with van der Waals surface area (Å²) in [5.74, 6) is 0.0998. The molecule has 2 nitrogen and oxygen atoms in total. The minimum Gasteiger partial charge on any atom is -0.387 e. The van der Waals surface area contributed by atoms with Crippen LogP contribution in [0.3, 0.4) is 0 Å². The monoisotopic (exact) mass is 310 g/mol. The van der Waals surface area contributed by atoms with Crippen molar-refractivity contribution < 1.29 is 9.90 Å². The van der Waals surface area contributed by atoms with Gasteiger partial charge in [0.15, 0.2) is 5.78 Å². The second kappa shape index (κ2) is 4.87. The van der Waals surface area contributed by atoms with Crippen molar-refractivity contribution in [2.24, 2.45) is 5.41 Å². The highest BCUT2D eigenvalue weighted by Gasteiger charge is 2.51. The van der Waals surface area contributed by atoms with Gasteiger partial charge in [-0.05, 0) is 36.1 Å². The Morgan fingerprint density at radius 1 is 1.40 bits per heavy atom. The van der Waals surface area contributed by atoms with Crippen LogP contribution in [0.4, 0.5) is 0 Å². The molecule has 0 spiro atoms. The average Bonchev–Trinajstić information content (AvgIpc) is 2.66. The standard InChI is InChI=1S/C16H16Cl2O2/c1-2-6-16-7-5-9(19)8-11(16)13-10(15(16)20)3-4-12(17)14(13)18/h3-4,8,15,20H,2,5-7H2,1H3/t15?,16-/m1/s1. The second-order valence-electron chi connectivity index (χ2n) is 5.66. The summed E-state index contributed by atoms with van der Waals surface area (Å²) in [6.45, 7) is 2.09. The Hall–Kier alpha value is -0.830. The zero-order valence-electron chi connectivity index (χ0n) is 11.2. The van der Waals surface area contributed by atoms with Crippen LogP contribution in [-0.4, -0.2) is 10.9 Å². The lowest BCUT2D eigenvalue weighted by molar-refractivity contribution is -0.116. The van der Waals surface area contributed by atoms with Gasteiger partial charge >= 0.3 is 0 Å². The molecule has 1 aromatic carbocycles. The first-order valence-electron chi connectivity index (χ1n) is 6.92. The van der Waals surface area contributed by atoms with Crippen LogP contribution in [0, 0.1) is 5.41 Å². The molecular formula is C16H16Cl2O2. The molecule has 0 saturated carbocycles. The smallest absolute Gasteiger partial charge is 0.156 e. The number of carbonyl (C=O) groups excluding carboxylic acids is 1. The van der Waals surface area contributed by atoms with Crippen molar-refractivity contribution in [1.82, 2.24) is 0 Å². The lowest BCUT2D eigenvalue weighted by Crippen LogP contribution is -2.29. The van der Waals surface area contributed by atoms with Crippen LogP contribution < -0.4 is 0 Å². The Labute approximate surface area is 128 Å². The SMILES string of the molecule is CCC[C@@]12CCC(=O)C=C1c1c(ccc(Cl)c1Cl)C2O. The Bertz CT molecular complexity index is 621. The van der Waals surface area contributed by atoms with Gasteiger partial charge in [-0.3, -0.25) is 4.79 Å². The highest BCUT2D eigenvalue weighted by Crippen LogP contribution is 2.62. The number of hydrogen-bond acceptors (Lipinski definition) is 2. The first kappa shape index (κ1) is 14.1. The number of ketones is 1. The van der Waals surface area contributed by atoms with Crippen LogP contribution in [0.2, 0.25) is 10.0 Å². The summed E-state index contributed by atoms with van der Waals surface area (Å²) in [4.78, 5) is 11.8. The summed E-state index contributed by atoms with van der Waals surface area (Å²) in [5.41, 5.74) is 2.08. The van der Waals surface area contributed by atoms with E-state index >= 15 is 0 Å². The van der Waals surface area contributed by atoms with Gasteiger partial charge < -0.3 is 5.11 Å². The molecule has 2 atom stereocenters. The fourth-order valence-corrected chi connectivity index (χ4v) is 4.10. The fourth-order valence-electron chi connectivity index (χ4n) is 3.67. The number of aliphatic hydroxyl groups is 1. The zero-order valence-corrected chi connectivity index (χ0v) is 12.8. The fraction of sp³-hybridized carbons (Fsp3) is 0.438. The molecule has 2 aliphatic rings. The number of hydrogen-bond donors (Lipinski definition) is 1. The molecule has 4 heteroatoms. The number of carbonyl (C=O) groups is 1. The van der Waals surface area contributed by atoms with Crippen molar-refractivity contribution in [3.05, 3.63) is 39.4 Å².